The maximum atomic E-state index is 11.6. The van der Waals surface area contributed by atoms with Crippen molar-refractivity contribution in [3.8, 4) is 6.07 Å². The van der Waals surface area contributed by atoms with Gasteiger partial charge < -0.3 is 16.0 Å². The van der Waals surface area contributed by atoms with Crippen molar-refractivity contribution in [2.45, 2.75) is 12.8 Å². The molecule has 0 spiro atoms. The first-order valence-corrected chi connectivity index (χ1v) is 6.42. The summed E-state index contributed by atoms with van der Waals surface area (Å²) in [6.45, 7) is 1.58. The third kappa shape index (κ3) is 2.79. The highest BCUT2D eigenvalue weighted by Gasteiger charge is 2.25. The Morgan fingerprint density at radius 3 is 2.74 bits per heavy atom. The Kier molecular flexibility index (Phi) is 3.91. The van der Waals surface area contributed by atoms with Crippen LogP contribution in [0.25, 0.3) is 0 Å². The minimum atomic E-state index is 0.0848. The van der Waals surface area contributed by atoms with Gasteiger partial charge in [-0.25, -0.2) is 0 Å². The number of nitrogens with zero attached hydrogens (tertiary/aromatic N) is 2. The van der Waals surface area contributed by atoms with Crippen LogP contribution >= 0.6 is 0 Å². The van der Waals surface area contributed by atoms with Gasteiger partial charge in [0.1, 0.15) is 0 Å². The van der Waals surface area contributed by atoms with Gasteiger partial charge >= 0.3 is 0 Å². The summed E-state index contributed by atoms with van der Waals surface area (Å²) in [7, 11) is 1.67. The molecule has 1 heterocycles. The van der Waals surface area contributed by atoms with Crippen LogP contribution in [0.5, 0.6) is 0 Å². The molecule has 0 aliphatic carbocycles. The first kappa shape index (κ1) is 13.2. The Bertz CT molecular complexity index is 513. The van der Waals surface area contributed by atoms with Gasteiger partial charge in [-0.1, -0.05) is 0 Å². The number of nitriles is 1. The largest absolute Gasteiger partial charge is 0.397 e. The molecule has 5 nitrogen and oxygen atoms in total. The van der Waals surface area contributed by atoms with E-state index in [0.29, 0.717) is 11.3 Å². The van der Waals surface area contributed by atoms with Gasteiger partial charge in [-0.05, 0) is 31.0 Å². The lowest BCUT2D eigenvalue weighted by Gasteiger charge is -2.33. The number of hydrogen-bond donors (Lipinski definition) is 2. The molecule has 1 amide bonds. The molecule has 0 radical (unpaired) electrons. The Morgan fingerprint density at radius 2 is 2.16 bits per heavy atom. The highest BCUT2D eigenvalue weighted by molar-refractivity contribution is 5.79. The predicted octanol–water partition coefficient (Wildman–Crippen LogP) is 1.10. The molecule has 1 saturated heterocycles. The lowest BCUT2D eigenvalue weighted by atomic mass is 9.95. The van der Waals surface area contributed by atoms with E-state index in [4.69, 9.17) is 11.0 Å². The van der Waals surface area contributed by atoms with Crippen LogP contribution in [0.1, 0.15) is 18.4 Å². The molecule has 0 bridgehead atoms. The second-order valence-electron chi connectivity index (χ2n) is 4.76. The molecule has 0 aromatic heterocycles. The smallest absolute Gasteiger partial charge is 0.222 e. The first-order chi connectivity index (χ1) is 9.15. The lowest BCUT2D eigenvalue weighted by molar-refractivity contribution is -0.125. The van der Waals surface area contributed by atoms with Crippen molar-refractivity contribution in [1.29, 1.82) is 5.26 Å². The normalized spacial score (nSPS) is 15.9. The quantitative estimate of drug-likeness (QED) is 0.778. The number of carbonyl (C=O) groups excluding carboxylic acids is 1. The van der Waals surface area contributed by atoms with Crippen LogP contribution < -0.4 is 16.0 Å². The molecule has 1 aromatic rings. The van der Waals surface area contributed by atoms with E-state index in [1.54, 1.807) is 19.2 Å². The second kappa shape index (κ2) is 5.61. The zero-order valence-corrected chi connectivity index (χ0v) is 11.0. The predicted molar refractivity (Wildman–Crippen MR) is 74.6 cm³/mol. The van der Waals surface area contributed by atoms with Gasteiger partial charge in [0.2, 0.25) is 5.91 Å². The van der Waals surface area contributed by atoms with Gasteiger partial charge in [-0.2, -0.15) is 5.26 Å². The number of nitrogen functional groups attached to an aromatic ring is 1. The third-order valence-electron chi connectivity index (χ3n) is 3.61. The number of nitrogens with one attached hydrogen (secondary N) is 1. The Morgan fingerprint density at radius 1 is 1.47 bits per heavy atom. The molecule has 19 heavy (non-hydrogen) atoms. The topological polar surface area (TPSA) is 82.2 Å². The van der Waals surface area contributed by atoms with Crippen molar-refractivity contribution < 1.29 is 4.79 Å². The van der Waals surface area contributed by atoms with E-state index in [1.807, 2.05) is 6.07 Å². The number of amides is 1. The maximum absolute atomic E-state index is 11.6. The second-order valence-corrected chi connectivity index (χ2v) is 4.76. The van der Waals surface area contributed by atoms with Crippen LogP contribution in [-0.2, 0) is 4.79 Å². The zero-order valence-electron chi connectivity index (χ0n) is 11.0. The Labute approximate surface area is 113 Å². The SMILES string of the molecule is CNC(=O)C1CCN(c2cc(C#N)ccc2N)CC1. The van der Waals surface area contributed by atoms with E-state index in [2.05, 4.69) is 16.3 Å². The summed E-state index contributed by atoms with van der Waals surface area (Å²) in [5.41, 5.74) is 8.15. The molecule has 2 rings (SSSR count). The van der Waals surface area contributed by atoms with Crippen LogP contribution in [0.2, 0.25) is 0 Å². The number of benzene rings is 1. The molecule has 0 unspecified atom stereocenters. The molecule has 3 N–H and O–H groups in total. The monoisotopic (exact) mass is 258 g/mol. The number of hydrogen-bond acceptors (Lipinski definition) is 4. The lowest BCUT2D eigenvalue weighted by Crippen LogP contribution is -2.39. The third-order valence-corrected chi connectivity index (χ3v) is 3.61. The molecular weight excluding hydrogens is 240 g/mol. The van der Waals surface area contributed by atoms with E-state index >= 15 is 0 Å². The standard InChI is InChI=1S/C14H18N4O/c1-17-14(19)11-4-6-18(7-5-11)13-8-10(9-15)2-3-12(13)16/h2-3,8,11H,4-7,16H2,1H3,(H,17,19). The van der Waals surface area contributed by atoms with Crippen molar-refractivity contribution in [1.82, 2.24) is 5.32 Å². The van der Waals surface area contributed by atoms with Crippen LogP contribution in [0.3, 0.4) is 0 Å². The fraction of sp³-hybridized carbons (Fsp3) is 0.429. The summed E-state index contributed by atoms with van der Waals surface area (Å²) >= 11 is 0. The molecule has 1 fully saturated rings. The number of nitrogens with two attached hydrogens (primary N) is 1. The van der Waals surface area contributed by atoms with Crippen molar-refractivity contribution in [2.24, 2.45) is 5.92 Å². The van der Waals surface area contributed by atoms with E-state index in [0.717, 1.165) is 31.6 Å². The summed E-state index contributed by atoms with van der Waals surface area (Å²) in [6, 6.07) is 7.42. The van der Waals surface area contributed by atoms with Gasteiger partial charge in [0, 0.05) is 26.1 Å². The minimum absolute atomic E-state index is 0.0848. The molecule has 0 saturated carbocycles. The highest BCUT2D eigenvalue weighted by Crippen LogP contribution is 2.29. The van der Waals surface area contributed by atoms with Gasteiger partial charge in [0.15, 0.2) is 0 Å². The molecule has 5 heteroatoms. The molecule has 0 atom stereocenters. The van der Waals surface area contributed by atoms with Gasteiger partial charge in [-0.15, -0.1) is 0 Å². The van der Waals surface area contributed by atoms with Crippen molar-refractivity contribution >= 4 is 17.3 Å². The van der Waals surface area contributed by atoms with Crippen molar-refractivity contribution in [2.75, 3.05) is 30.8 Å². The van der Waals surface area contributed by atoms with Gasteiger partial charge in [-0.3, -0.25) is 4.79 Å². The Hall–Kier alpha value is -2.22. The van der Waals surface area contributed by atoms with E-state index in [-0.39, 0.29) is 11.8 Å². The van der Waals surface area contributed by atoms with Crippen LogP contribution in [0.15, 0.2) is 18.2 Å². The molecule has 1 aromatic carbocycles. The van der Waals surface area contributed by atoms with E-state index < -0.39 is 0 Å². The number of carbonyl (C=O) groups is 1. The molecule has 1 aliphatic rings. The Balaban J connectivity index is 2.10. The fourth-order valence-corrected chi connectivity index (χ4v) is 2.47. The summed E-state index contributed by atoms with van der Waals surface area (Å²) in [5.74, 6) is 0.194. The van der Waals surface area contributed by atoms with Crippen molar-refractivity contribution in [3.63, 3.8) is 0 Å². The summed E-state index contributed by atoms with van der Waals surface area (Å²) in [5, 5.41) is 11.6. The average molecular weight is 258 g/mol. The summed E-state index contributed by atoms with van der Waals surface area (Å²) in [6.07, 6.45) is 1.63. The van der Waals surface area contributed by atoms with E-state index in [9.17, 15) is 4.79 Å². The number of rotatable bonds is 2. The minimum Gasteiger partial charge on any atom is -0.397 e. The highest BCUT2D eigenvalue weighted by atomic mass is 16.1. The van der Waals surface area contributed by atoms with Gasteiger partial charge in [0.25, 0.3) is 0 Å². The fourth-order valence-electron chi connectivity index (χ4n) is 2.47. The average Bonchev–Trinajstić information content (AvgIpc) is 2.47. The van der Waals surface area contributed by atoms with Crippen molar-refractivity contribution in [3.05, 3.63) is 23.8 Å². The van der Waals surface area contributed by atoms with Crippen LogP contribution in [0.4, 0.5) is 11.4 Å². The molecular formula is C14H18N4O. The van der Waals surface area contributed by atoms with Gasteiger partial charge in [0.05, 0.1) is 23.0 Å². The molecule has 100 valence electrons. The first-order valence-electron chi connectivity index (χ1n) is 6.42. The van der Waals surface area contributed by atoms with Crippen LogP contribution in [-0.4, -0.2) is 26.0 Å². The maximum Gasteiger partial charge on any atom is 0.222 e. The zero-order chi connectivity index (χ0) is 13.8. The molecule has 1 aliphatic heterocycles. The number of piperidine rings is 1. The van der Waals surface area contributed by atoms with E-state index in [1.165, 1.54) is 0 Å². The van der Waals surface area contributed by atoms with Crippen LogP contribution in [0, 0.1) is 17.2 Å². The summed E-state index contributed by atoms with van der Waals surface area (Å²) in [4.78, 5) is 13.7. The number of anilines is 2. The summed E-state index contributed by atoms with van der Waals surface area (Å²) < 4.78 is 0.